The maximum absolute atomic E-state index is 12.1. The number of rotatable bonds is 8. The van der Waals surface area contributed by atoms with Gasteiger partial charge in [0.05, 0.1) is 17.2 Å². The van der Waals surface area contributed by atoms with Crippen LogP contribution in [0, 0.1) is 17.0 Å². The molecule has 8 heteroatoms. The Morgan fingerprint density at radius 2 is 1.96 bits per heavy atom. The molecule has 0 radical (unpaired) electrons. The van der Waals surface area contributed by atoms with Gasteiger partial charge in [0.1, 0.15) is 6.29 Å². The third-order valence-electron chi connectivity index (χ3n) is 3.47. The highest BCUT2D eigenvalue weighted by atomic mass is 16.6. The molecule has 0 unspecified atom stereocenters. The quantitative estimate of drug-likeness (QED) is 0.441. The molecule has 0 atom stereocenters. The molecule has 2 rings (SSSR count). The zero-order chi connectivity index (χ0) is 19.1. The van der Waals surface area contributed by atoms with Crippen LogP contribution in [0.25, 0.3) is 0 Å². The molecule has 0 aliphatic heterocycles. The molecule has 0 aliphatic carbocycles. The number of carbonyl (C=O) groups excluding carboxylic acids is 2. The average molecular weight is 358 g/mol. The summed E-state index contributed by atoms with van der Waals surface area (Å²) in [5, 5.41) is 13.4. The van der Waals surface area contributed by atoms with Gasteiger partial charge in [0.2, 0.25) is 0 Å². The van der Waals surface area contributed by atoms with Crippen molar-refractivity contribution in [2.75, 3.05) is 18.5 Å². The molecular weight excluding hydrogens is 340 g/mol. The Hall–Kier alpha value is -3.42. The average Bonchev–Trinajstić information content (AvgIpc) is 2.62. The van der Waals surface area contributed by atoms with E-state index < -0.39 is 10.8 Å². The van der Waals surface area contributed by atoms with Crippen molar-refractivity contribution < 1.29 is 24.0 Å². The number of anilines is 1. The molecular formula is C18H18N2O6. The number of ether oxygens (including phenoxy) is 2. The number of aldehydes is 1. The largest absolute Gasteiger partial charge is 0.490 e. The first kappa shape index (κ1) is 18.9. The van der Waals surface area contributed by atoms with E-state index in [-0.39, 0.29) is 12.3 Å². The van der Waals surface area contributed by atoms with Gasteiger partial charge >= 0.3 is 0 Å². The summed E-state index contributed by atoms with van der Waals surface area (Å²) in [7, 11) is 0. The minimum Gasteiger partial charge on any atom is -0.490 e. The number of nitro benzene ring substituents is 1. The predicted octanol–water partition coefficient (Wildman–Crippen LogP) is 3.13. The van der Waals surface area contributed by atoms with Crippen molar-refractivity contribution in [2.24, 2.45) is 0 Å². The molecule has 0 spiro atoms. The highest BCUT2D eigenvalue weighted by Gasteiger charge is 2.13. The van der Waals surface area contributed by atoms with E-state index in [9.17, 15) is 19.7 Å². The Morgan fingerprint density at radius 1 is 1.19 bits per heavy atom. The number of hydrogen-bond acceptors (Lipinski definition) is 6. The van der Waals surface area contributed by atoms with Crippen molar-refractivity contribution >= 4 is 23.6 Å². The van der Waals surface area contributed by atoms with E-state index in [1.165, 1.54) is 18.2 Å². The van der Waals surface area contributed by atoms with E-state index in [0.717, 1.165) is 0 Å². The highest BCUT2D eigenvalue weighted by Crippen LogP contribution is 2.28. The number of carbonyl (C=O) groups is 2. The van der Waals surface area contributed by atoms with Crippen LogP contribution in [0.1, 0.15) is 22.8 Å². The maximum atomic E-state index is 12.1. The molecule has 8 nitrogen and oxygen atoms in total. The lowest BCUT2D eigenvalue weighted by Gasteiger charge is -2.13. The second kappa shape index (κ2) is 8.61. The highest BCUT2D eigenvalue weighted by molar-refractivity contribution is 5.93. The summed E-state index contributed by atoms with van der Waals surface area (Å²) >= 11 is 0. The van der Waals surface area contributed by atoms with Gasteiger partial charge in [-0.3, -0.25) is 19.7 Å². The number of non-ortho nitro benzene ring substituents is 1. The lowest BCUT2D eigenvalue weighted by atomic mass is 10.2. The van der Waals surface area contributed by atoms with Crippen LogP contribution in [0.3, 0.4) is 0 Å². The van der Waals surface area contributed by atoms with Crippen molar-refractivity contribution in [2.45, 2.75) is 13.8 Å². The predicted molar refractivity (Wildman–Crippen MR) is 95.0 cm³/mol. The van der Waals surface area contributed by atoms with Gasteiger partial charge in [-0.15, -0.1) is 0 Å². The summed E-state index contributed by atoms with van der Waals surface area (Å²) in [5.74, 6) is 0.204. The van der Waals surface area contributed by atoms with Gasteiger partial charge in [0.25, 0.3) is 11.6 Å². The van der Waals surface area contributed by atoms with Crippen LogP contribution in [0.15, 0.2) is 36.4 Å². The van der Waals surface area contributed by atoms with Crippen molar-refractivity contribution in [1.29, 1.82) is 0 Å². The lowest BCUT2D eigenvalue weighted by Crippen LogP contribution is -2.21. The topological polar surface area (TPSA) is 108 Å². The molecule has 136 valence electrons. The monoisotopic (exact) mass is 358 g/mol. The Bertz CT molecular complexity index is 834. The smallest absolute Gasteiger partial charge is 0.271 e. The molecule has 2 aromatic rings. The fourth-order valence-corrected chi connectivity index (χ4v) is 2.17. The fourth-order valence-electron chi connectivity index (χ4n) is 2.17. The Labute approximate surface area is 149 Å². The second-order valence-electron chi connectivity index (χ2n) is 5.35. The summed E-state index contributed by atoms with van der Waals surface area (Å²) in [6.45, 7) is 3.57. The zero-order valence-corrected chi connectivity index (χ0v) is 14.4. The summed E-state index contributed by atoms with van der Waals surface area (Å²) < 4.78 is 10.9. The minimum absolute atomic E-state index is 0.116. The Kier molecular flexibility index (Phi) is 6.26. The van der Waals surface area contributed by atoms with E-state index >= 15 is 0 Å². The standard InChI is InChI=1S/C18H18N2O6/c1-3-25-17-8-13(10-21)5-7-16(17)26-11-18(22)19-15-9-14(20(23)24)6-4-12(15)2/h4-10H,3,11H2,1-2H3,(H,19,22). The van der Waals surface area contributed by atoms with Crippen LogP contribution in [-0.2, 0) is 4.79 Å². The number of nitro groups is 1. The Balaban J connectivity index is 2.06. The third-order valence-corrected chi connectivity index (χ3v) is 3.47. The second-order valence-corrected chi connectivity index (χ2v) is 5.35. The molecule has 0 aromatic heterocycles. The number of amides is 1. The van der Waals surface area contributed by atoms with Crippen LogP contribution in [0.5, 0.6) is 11.5 Å². The zero-order valence-electron chi connectivity index (χ0n) is 14.4. The molecule has 0 saturated carbocycles. The molecule has 0 saturated heterocycles. The molecule has 0 aliphatic rings. The fraction of sp³-hybridized carbons (Fsp3) is 0.222. The van der Waals surface area contributed by atoms with Crippen molar-refractivity contribution in [1.82, 2.24) is 0 Å². The molecule has 1 N–H and O–H groups in total. The first-order valence-electron chi connectivity index (χ1n) is 7.84. The lowest BCUT2D eigenvalue weighted by molar-refractivity contribution is -0.384. The summed E-state index contributed by atoms with van der Waals surface area (Å²) in [6.07, 6.45) is 0.685. The third kappa shape index (κ3) is 4.79. The molecule has 2 aromatic carbocycles. The van der Waals surface area contributed by atoms with Gasteiger partial charge in [0.15, 0.2) is 18.1 Å². The number of hydrogen-bond donors (Lipinski definition) is 1. The summed E-state index contributed by atoms with van der Waals surface area (Å²) in [5.41, 5.74) is 1.34. The van der Waals surface area contributed by atoms with Crippen LogP contribution in [0.2, 0.25) is 0 Å². The van der Waals surface area contributed by atoms with Crippen LogP contribution < -0.4 is 14.8 Å². The SMILES string of the molecule is CCOc1cc(C=O)ccc1OCC(=O)Nc1cc([N+](=O)[O-])ccc1C. The van der Waals surface area contributed by atoms with Gasteiger partial charge in [-0.2, -0.15) is 0 Å². The number of benzene rings is 2. The normalized spacial score (nSPS) is 10.1. The van der Waals surface area contributed by atoms with Crippen LogP contribution >= 0.6 is 0 Å². The van der Waals surface area contributed by atoms with Crippen LogP contribution in [-0.4, -0.2) is 30.3 Å². The summed E-state index contributed by atoms with van der Waals surface area (Å²) in [6, 6.07) is 8.82. The van der Waals surface area contributed by atoms with Crippen molar-refractivity contribution in [3.8, 4) is 11.5 Å². The first-order valence-corrected chi connectivity index (χ1v) is 7.84. The molecule has 26 heavy (non-hydrogen) atoms. The maximum Gasteiger partial charge on any atom is 0.271 e. The van der Waals surface area contributed by atoms with E-state index in [2.05, 4.69) is 5.32 Å². The van der Waals surface area contributed by atoms with Gasteiger partial charge < -0.3 is 14.8 Å². The van der Waals surface area contributed by atoms with E-state index in [1.54, 1.807) is 32.0 Å². The van der Waals surface area contributed by atoms with Crippen LogP contribution in [0.4, 0.5) is 11.4 Å². The number of nitrogens with zero attached hydrogens (tertiary/aromatic N) is 1. The van der Waals surface area contributed by atoms with Gasteiger partial charge in [-0.25, -0.2) is 0 Å². The van der Waals surface area contributed by atoms with Gasteiger partial charge in [-0.05, 0) is 37.6 Å². The van der Waals surface area contributed by atoms with E-state index in [1.807, 2.05) is 0 Å². The van der Waals surface area contributed by atoms with E-state index in [0.29, 0.717) is 41.2 Å². The molecule has 0 fully saturated rings. The molecule has 0 bridgehead atoms. The first-order chi connectivity index (χ1) is 12.4. The minimum atomic E-state index is -0.533. The number of nitrogens with one attached hydrogen (secondary N) is 1. The van der Waals surface area contributed by atoms with Crippen molar-refractivity contribution in [3.63, 3.8) is 0 Å². The molecule has 1 amide bonds. The summed E-state index contributed by atoms with van der Waals surface area (Å²) in [4.78, 5) is 33.3. The molecule has 0 heterocycles. The van der Waals surface area contributed by atoms with Crippen molar-refractivity contribution in [3.05, 3.63) is 57.6 Å². The van der Waals surface area contributed by atoms with Gasteiger partial charge in [0, 0.05) is 17.7 Å². The van der Waals surface area contributed by atoms with E-state index in [4.69, 9.17) is 9.47 Å². The van der Waals surface area contributed by atoms with Gasteiger partial charge in [-0.1, -0.05) is 6.07 Å². The number of aryl methyl sites for hydroxylation is 1. The Morgan fingerprint density at radius 3 is 2.62 bits per heavy atom.